The molecule has 0 unspecified atom stereocenters. The Kier molecular flexibility index (Phi) is 4.95. The summed E-state index contributed by atoms with van der Waals surface area (Å²) in [5, 5.41) is 3.58. The molecule has 1 heterocycles. The Hall–Kier alpha value is -1.06. The molecule has 0 aliphatic carbocycles. The van der Waals surface area contributed by atoms with E-state index in [0.29, 0.717) is 25.0 Å². The predicted molar refractivity (Wildman–Crippen MR) is 88.0 cm³/mol. The highest BCUT2D eigenvalue weighted by molar-refractivity contribution is 5.55. The third kappa shape index (κ3) is 4.21. The van der Waals surface area contributed by atoms with Crippen molar-refractivity contribution in [3.63, 3.8) is 0 Å². The first kappa shape index (κ1) is 16.3. The molecule has 1 fully saturated rings. The number of hydrogen-bond donors (Lipinski definition) is 1. The van der Waals surface area contributed by atoms with E-state index in [4.69, 9.17) is 9.47 Å². The summed E-state index contributed by atoms with van der Waals surface area (Å²) in [6.45, 7) is 14.2. The lowest BCUT2D eigenvalue weighted by atomic mass is 9.94. The average molecular weight is 291 g/mol. The standard InChI is InChI=1S/C18H29NO2/c1-12(2)14-7-8-17(16(9-14)13(3)4)19-15-10-20-18(5,6)21-11-15/h7-9,12-13,15,19H,10-11H2,1-6H3. The molecule has 0 aromatic heterocycles. The first-order valence-corrected chi connectivity index (χ1v) is 7.97. The normalized spacial score (nSPS) is 19.2. The summed E-state index contributed by atoms with van der Waals surface area (Å²) in [7, 11) is 0. The van der Waals surface area contributed by atoms with Gasteiger partial charge in [-0.2, -0.15) is 0 Å². The van der Waals surface area contributed by atoms with Gasteiger partial charge < -0.3 is 14.8 Å². The second-order valence-corrected chi connectivity index (χ2v) is 7.02. The van der Waals surface area contributed by atoms with Crippen molar-refractivity contribution in [1.29, 1.82) is 0 Å². The van der Waals surface area contributed by atoms with Crippen molar-refractivity contribution in [3.05, 3.63) is 29.3 Å². The lowest BCUT2D eigenvalue weighted by Gasteiger charge is -2.36. The van der Waals surface area contributed by atoms with Gasteiger partial charge >= 0.3 is 0 Å². The maximum atomic E-state index is 5.73. The van der Waals surface area contributed by atoms with Gasteiger partial charge in [0.05, 0.1) is 19.3 Å². The summed E-state index contributed by atoms with van der Waals surface area (Å²) in [4.78, 5) is 0. The van der Waals surface area contributed by atoms with E-state index in [9.17, 15) is 0 Å². The molecule has 1 aliphatic rings. The molecule has 0 atom stereocenters. The van der Waals surface area contributed by atoms with Crippen molar-refractivity contribution >= 4 is 5.69 Å². The molecule has 0 radical (unpaired) electrons. The van der Waals surface area contributed by atoms with E-state index in [1.54, 1.807) is 0 Å². The van der Waals surface area contributed by atoms with Gasteiger partial charge in [-0.05, 0) is 42.9 Å². The summed E-state index contributed by atoms with van der Waals surface area (Å²) in [6, 6.07) is 6.95. The Morgan fingerprint density at radius 2 is 1.67 bits per heavy atom. The van der Waals surface area contributed by atoms with Crippen LogP contribution in [0.5, 0.6) is 0 Å². The first-order chi connectivity index (χ1) is 9.78. The van der Waals surface area contributed by atoms with Crippen molar-refractivity contribution < 1.29 is 9.47 Å². The lowest BCUT2D eigenvalue weighted by Crippen LogP contribution is -2.45. The summed E-state index contributed by atoms with van der Waals surface area (Å²) >= 11 is 0. The smallest absolute Gasteiger partial charge is 0.162 e. The van der Waals surface area contributed by atoms with Crippen LogP contribution in [0.3, 0.4) is 0 Å². The van der Waals surface area contributed by atoms with Crippen LogP contribution in [0, 0.1) is 0 Å². The highest BCUT2D eigenvalue weighted by atomic mass is 16.7. The van der Waals surface area contributed by atoms with Crippen LogP contribution in [0.2, 0.25) is 0 Å². The van der Waals surface area contributed by atoms with Crippen molar-refractivity contribution in [2.45, 2.75) is 65.2 Å². The van der Waals surface area contributed by atoms with E-state index in [1.807, 2.05) is 13.8 Å². The fourth-order valence-corrected chi connectivity index (χ4v) is 2.55. The summed E-state index contributed by atoms with van der Waals surface area (Å²) in [6.07, 6.45) is 0. The van der Waals surface area contributed by atoms with E-state index in [0.717, 1.165) is 0 Å². The first-order valence-electron chi connectivity index (χ1n) is 7.97. The Balaban J connectivity index is 2.13. The SMILES string of the molecule is CC(C)c1ccc(NC2COC(C)(C)OC2)c(C(C)C)c1. The van der Waals surface area contributed by atoms with Crippen LogP contribution in [-0.2, 0) is 9.47 Å². The molecular formula is C18H29NO2. The van der Waals surface area contributed by atoms with Gasteiger partial charge in [0.1, 0.15) is 0 Å². The van der Waals surface area contributed by atoms with Crippen LogP contribution in [0.25, 0.3) is 0 Å². The number of nitrogens with one attached hydrogen (secondary N) is 1. The molecule has 1 aromatic rings. The van der Waals surface area contributed by atoms with Gasteiger partial charge in [-0.25, -0.2) is 0 Å². The topological polar surface area (TPSA) is 30.5 Å². The van der Waals surface area contributed by atoms with Gasteiger partial charge in [-0.15, -0.1) is 0 Å². The zero-order valence-corrected chi connectivity index (χ0v) is 14.2. The largest absolute Gasteiger partial charge is 0.377 e. The van der Waals surface area contributed by atoms with Gasteiger partial charge in [-0.1, -0.05) is 39.8 Å². The third-order valence-corrected chi connectivity index (χ3v) is 3.99. The van der Waals surface area contributed by atoms with Crippen LogP contribution in [0.15, 0.2) is 18.2 Å². The van der Waals surface area contributed by atoms with Crippen molar-refractivity contribution in [2.24, 2.45) is 0 Å². The molecule has 0 saturated carbocycles. The molecule has 1 saturated heterocycles. The minimum Gasteiger partial charge on any atom is -0.377 e. The lowest BCUT2D eigenvalue weighted by molar-refractivity contribution is -0.247. The average Bonchev–Trinajstić information content (AvgIpc) is 2.41. The van der Waals surface area contributed by atoms with E-state index in [-0.39, 0.29) is 6.04 Å². The molecule has 1 aliphatic heterocycles. The van der Waals surface area contributed by atoms with Crippen LogP contribution in [0.1, 0.15) is 64.5 Å². The molecule has 3 nitrogen and oxygen atoms in total. The van der Waals surface area contributed by atoms with Gasteiger partial charge in [0.2, 0.25) is 0 Å². The maximum absolute atomic E-state index is 5.73. The second kappa shape index (κ2) is 6.37. The molecule has 2 rings (SSSR count). The van der Waals surface area contributed by atoms with Gasteiger partial charge in [0, 0.05) is 5.69 Å². The Bertz CT molecular complexity index is 470. The molecule has 21 heavy (non-hydrogen) atoms. The van der Waals surface area contributed by atoms with Crippen LogP contribution >= 0.6 is 0 Å². The monoisotopic (exact) mass is 291 g/mol. The Morgan fingerprint density at radius 3 is 2.19 bits per heavy atom. The number of rotatable bonds is 4. The molecule has 1 aromatic carbocycles. The Morgan fingerprint density at radius 1 is 1.05 bits per heavy atom. The minimum absolute atomic E-state index is 0.209. The van der Waals surface area contributed by atoms with Gasteiger partial charge in [0.25, 0.3) is 0 Å². The fourth-order valence-electron chi connectivity index (χ4n) is 2.55. The molecule has 0 bridgehead atoms. The van der Waals surface area contributed by atoms with Gasteiger partial charge in [0.15, 0.2) is 5.79 Å². The number of ether oxygens (including phenoxy) is 2. The van der Waals surface area contributed by atoms with Crippen molar-refractivity contribution in [3.8, 4) is 0 Å². The molecule has 0 spiro atoms. The Labute approximate surface area is 129 Å². The summed E-state index contributed by atoms with van der Waals surface area (Å²) in [5.41, 5.74) is 3.96. The number of hydrogen-bond acceptors (Lipinski definition) is 3. The van der Waals surface area contributed by atoms with E-state index in [1.165, 1.54) is 16.8 Å². The molecule has 118 valence electrons. The molecule has 3 heteroatoms. The van der Waals surface area contributed by atoms with Crippen LogP contribution in [0.4, 0.5) is 5.69 Å². The van der Waals surface area contributed by atoms with Crippen molar-refractivity contribution in [2.75, 3.05) is 18.5 Å². The van der Waals surface area contributed by atoms with E-state index < -0.39 is 5.79 Å². The molecular weight excluding hydrogens is 262 g/mol. The fraction of sp³-hybridized carbons (Fsp3) is 0.667. The summed E-state index contributed by atoms with van der Waals surface area (Å²) in [5.74, 6) is 0.590. The quantitative estimate of drug-likeness (QED) is 0.886. The third-order valence-electron chi connectivity index (χ3n) is 3.99. The van der Waals surface area contributed by atoms with Crippen molar-refractivity contribution in [1.82, 2.24) is 0 Å². The minimum atomic E-state index is -0.458. The maximum Gasteiger partial charge on any atom is 0.162 e. The highest BCUT2D eigenvalue weighted by Gasteiger charge is 2.28. The van der Waals surface area contributed by atoms with Crippen LogP contribution in [-0.4, -0.2) is 25.0 Å². The molecule has 1 N–H and O–H groups in total. The predicted octanol–water partition coefficient (Wildman–Crippen LogP) is 4.50. The summed E-state index contributed by atoms with van der Waals surface area (Å²) < 4.78 is 11.5. The zero-order valence-electron chi connectivity index (χ0n) is 14.2. The second-order valence-electron chi connectivity index (χ2n) is 7.02. The van der Waals surface area contributed by atoms with Gasteiger partial charge in [-0.3, -0.25) is 0 Å². The van der Waals surface area contributed by atoms with Crippen LogP contribution < -0.4 is 5.32 Å². The van der Waals surface area contributed by atoms with E-state index in [2.05, 4.69) is 51.2 Å². The van der Waals surface area contributed by atoms with E-state index >= 15 is 0 Å². The molecule has 0 amide bonds. The zero-order chi connectivity index (χ0) is 15.6. The number of anilines is 1. The highest BCUT2D eigenvalue weighted by Crippen LogP contribution is 2.29. The number of benzene rings is 1.